The van der Waals surface area contributed by atoms with E-state index in [1.54, 1.807) is 19.1 Å². The molecular formula is C29H35ClIN5O4. The number of alkyl carbamates (subject to hydrolysis) is 1. The highest BCUT2D eigenvalue weighted by Gasteiger charge is 2.32. The number of nitrogens with zero attached hydrogens (tertiary/aromatic N) is 4. The van der Waals surface area contributed by atoms with Gasteiger partial charge in [0.05, 0.1) is 19.3 Å². The summed E-state index contributed by atoms with van der Waals surface area (Å²) in [5.74, 6) is 1.02. The maximum atomic E-state index is 14.0. The first-order chi connectivity index (χ1) is 19.0. The Kier molecular flexibility index (Phi) is 9.50. The average Bonchev–Trinajstić information content (AvgIpc) is 3.23. The Bertz CT molecular complexity index is 1370. The van der Waals surface area contributed by atoms with Crippen LogP contribution in [0, 0.1) is 3.70 Å². The van der Waals surface area contributed by atoms with Crippen LogP contribution in [0.5, 0.6) is 5.75 Å². The third-order valence-corrected chi connectivity index (χ3v) is 7.69. The van der Waals surface area contributed by atoms with E-state index in [2.05, 4.69) is 32.8 Å². The molecule has 1 aliphatic rings. The lowest BCUT2D eigenvalue weighted by Gasteiger charge is -2.34. The fourth-order valence-electron chi connectivity index (χ4n) is 4.73. The Balaban J connectivity index is 1.70. The molecule has 1 aliphatic heterocycles. The molecule has 11 heteroatoms. The Labute approximate surface area is 253 Å². The molecule has 0 unspecified atom stereocenters. The molecule has 0 saturated carbocycles. The molecule has 214 valence electrons. The number of benzene rings is 2. The van der Waals surface area contributed by atoms with Crippen LogP contribution in [0.3, 0.4) is 0 Å². The molecule has 0 bridgehead atoms. The minimum absolute atomic E-state index is 0.123. The van der Waals surface area contributed by atoms with Crippen LogP contribution in [-0.4, -0.2) is 60.4 Å². The SMILES string of the molecule is COc1ccccc1N(C)C(=O)c1c(I)nc(N2CCC[C@@H](NC(=O)OC(C)(C)C)C2)n1Cc1ccccc1Cl. The number of halogens is 2. The Morgan fingerprint density at radius 3 is 2.58 bits per heavy atom. The number of anilines is 2. The van der Waals surface area contributed by atoms with Crippen LogP contribution in [-0.2, 0) is 11.3 Å². The fraction of sp³-hybridized carbons (Fsp3) is 0.414. The number of ether oxygens (including phenoxy) is 2. The monoisotopic (exact) mass is 679 g/mol. The van der Waals surface area contributed by atoms with Gasteiger partial charge in [-0.05, 0) is 80.0 Å². The summed E-state index contributed by atoms with van der Waals surface area (Å²) in [4.78, 5) is 35.1. The Hall–Kier alpha value is -2.99. The third kappa shape index (κ3) is 7.01. The summed E-state index contributed by atoms with van der Waals surface area (Å²) in [7, 11) is 3.31. The van der Waals surface area contributed by atoms with Gasteiger partial charge in [0.25, 0.3) is 5.91 Å². The van der Waals surface area contributed by atoms with E-state index in [1.165, 1.54) is 0 Å². The summed E-state index contributed by atoms with van der Waals surface area (Å²) in [6.45, 7) is 7.14. The topological polar surface area (TPSA) is 88.9 Å². The van der Waals surface area contributed by atoms with E-state index >= 15 is 0 Å². The highest BCUT2D eigenvalue weighted by Crippen LogP contribution is 2.32. The number of hydrogen-bond donors (Lipinski definition) is 1. The minimum atomic E-state index is -0.581. The van der Waals surface area contributed by atoms with Crippen molar-refractivity contribution in [3.63, 3.8) is 0 Å². The van der Waals surface area contributed by atoms with Crippen molar-refractivity contribution in [3.8, 4) is 5.75 Å². The number of para-hydroxylation sites is 2. The predicted molar refractivity (Wildman–Crippen MR) is 166 cm³/mol. The van der Waals surface area contributed by atoms with E-state index in [9.17, 15) is 9.59 Å². The van der Waals surface area contributed by atoms with Gasteiger partial charge in [-0.2, -0.15) is 0 Å². The van der Waals surface area contributed by atoms with E-state index in [0.717, 1.165) is 24.9 Å². The van der Waals surface area contributed by atoms with Gasteiger partial charge in [0.2, 0.25) is 5.95 Å². The van der Waals surface area contributed by atoms with Gasteiger partial charge in [-0.15, -0.1) is 0 Å². The van der Waals surface area contributed by atoms with Gasteiger partial charge in [0, 0.05) is 31.2 Å². The van der Waals surface area contributed by atoms with E-state index in [1.807, 2.05) is 73.9 Å². The van der Waals surface area contributed by atoms with E-state index in [-0.39, 0.29) is 11.9 Å². The standard InChI is InChI=1S/C29H35ClIN5O4/c1-29(2,3)40-28(38)32-20-12-10-16-35(18-20)27-33-25(31)24(36(27)17-19-11-6-7-13-21(19)30)26(37)34(4)22-14-8-9-15-23(22)39-5/h6-9,11,13-15,20H,10,12,16-18H2,1-5H3,(H,32,38)/t20-/m1/s1. The quantitative estimate of drug-likeness (QED) is 0.310. The highest BCUT2D eigenvalue weighted by atomic mass is 127. The number of carbonyl (C=O) groups excluding carboxylic acids is 2. The first-order valence-electron chi connectivity index (χ1n) is 13.1. The summed E-state index contributed by atoms with van der Waals surface area (Å²) in [5.41, 5.74) is 1.39. The number of hydrogen-bond acceptors (Lipinski definition) is 6. The van der Waals surface area contributed by atoms with Gasteiger partial charge in [0.1, 0.15) is 20.7 Å². The van der Waals surface area contributed by atoms with Crippen LogP contribution in [0.1, 0.15) is 49.7 Å². The number of methoxy groups -OCH3 is 1. The Morgan fingerprint density at radius 2 is 1.88 bits per heavy atom. The van der Waals surface area contributed by atoms with Gasteiger partial charge in [-0.25, -0.2) is 9.78 Å². The highest BCUT2D eigenvalue weighted by molar-refractivity contribution is 14.1. The normalized spacial score (nSPS) is 15.5. The number of aromatic nitrogens is 2. The molecule has 4 rings (SSSR count). The van der Waals surface area contributed by atoms with Crippen LogP contribution in [0.25, 0.3) is 0 Å². The van der Waals surface area contributed by atoms with Gasteiger partial charge >= 0.3 is 6.09 Å². The molecule has 1 saturated heterocycles. The number of imidazole rings is 1. The lowest BCUT2D eigenvalue weighted by molar-refractivity contribution is 0.0499. The maximum Gasteiger partial charge on any atom is 0.407 e. The van der Waals surface area contributed by atoms with Gasteiger partial charge in [-0.1, -0.05) is 41.9 Å². The number of carbonyl (C=O) groups is 2. The van der Waals surface area contributed by atoms with Crippen molar-refractivity contribution in [1.29, 1.82) is 0 Å². The molecule has 0 aliphatic carbocycles. The first-order valence-corrected chi connectivity index (χ1v) is 14.6. The van der Waals surface area contributed by atoms with Gasteiger partial charge in [0.15, 0.2) is 0 Å². The Morgan fingerprint density at radius 1 is 1.18 bits per heavy atom. The molecule has 40 heavy (non-hydrogen) atoms. The van der Waals surface area contributed by atoms with Crippen molar-refractivity contribution in [1.82, 2.24) is 14.9 Å². The lowest BCUT2D eigenvalue weighted by Crippen LogP contribution is -2.49. The van der Waals surface area contributed by atoms with Crippen LogP contribution in [0.4, 0.5) is 16.4 Å². The van der Waals surface area contributed by atoms with Gasteiger partial charge < -0.3 is 29.2 Å². The zero-order valence-electron chi connectivity index (χ0n) is 23.4. The molecule has 2 amide bonds. The smallest absolute Gasteiger partial charge is 0.407 e. The summed E-state index contributed by atoms with van der Waals surface area (Å²) in [6, 6.07) is 14.9. The summed E-state index contributed by atoms with van der Waals surface area (Å²) < 4.78 is 13.5. The van der Waals surface area contributed by atoms with Crippen LogP contribution >= 0.6 is 34.2 Å². The third-order valence-electron chi connectivity index (χ3n) is 6.57. The number of nitrogens with one attached hydrogen (secondary N) is 1. The number of amides is 2. The number of piperidine rings is 1. The molecule has 1 N–H and O–H groups in total. The van der Waals surface area contributed by atoms with Crippen molar-refractivity contribution in [2.75, 3.05) is 37.0 Å². The summed E-state index contributed by atoms with van der Waals surface area (Å²) in [5, 5.41) is 3.61. The van der Waals surface area contributed by atoms with Crippen LogP contribution < -0.4 is 19.9 Å². The maximum absolute atomic E-state index is 14.0. The summed E-state index contributed by atoms with van der Waals surface area (Å²) in [6.07, 6.45) is 1.23. The summed E-state index contributed by atoms with van der Waals surface area (Å²) >= 11 is 8.68. The first kappa shape index (κ1) is 30.0. The second-order valence-corrected chi connectivity index (χ2v) is 12.1. The zero-order valence-corrected chi connectivity index (χ0v) is 26.3. The molecule has 1 atom stereocenters. The minimum Gasteiger partial charge on any atom is -0.495 e. The lowest BCUT2D eigenvalue weighted by atomic mass is 10.1. The van der Waals surface area contributed by atoms with Crippen molar-refractivity contribution in [3.05, 3.63) is 68.5 Å². The average molecular weight is 680 g/mol. The van der Waals surface area contributed by atoms with E-state index in [0.29, 0.717) is 44.9 Å². The van der Waals surface area contributed by atoms with Gasteiger partial charge in [-0.3, -0.25) is 4.79 Å². The second kappa shape index (κ2) is 12.7. The van der Waals surface area contributed by atoms with Crippen molar-refractivity contribution in [2.24, 2.45) is 0 Å². The number of rotatable bonds is 7. The molecule has 1 aromatic heterocycles. The largest absolute Gasteiger partial charge is 0.495 e. The van der Waals surface area contributed by atoms with Crippen LogP contribution in [0.15, 0.2) is 48.5 Å². The molecule has 3 aromatic rings. The van der Waals surface area contributed by atoms with E-state index in [4.69, 9.17) is 26.1 Å². The zero-order chi connectivity index (χ0) is 29.0. The molecular weight excluding hydrogens is 645 g/mol. The molecule has 9 nitrogen and oxygen atoms in total. The molecule has 0 radical (unpaired) electrons. The fourth-order valence-corrected chi connectivity index (χ4v) is 5.66. The molecule has 0 spiro atoms. The van der Waals surface area contributed by atoms with E-state index < -0.39 is 11.7 Å². The van der Waals surface area contributed by atoms with Crippen molar-refractivity contribution < 1.29 is 19.1 Å². The molecule has 1 fully saturated rings. The van der Waals surface area contributed by atoms with Crippen LogP contribution in [0.2, 0.25) is 5.02 Å². The van der Waals surface area contributed by atoms with Crippen molar-refractivity contribution in [2.45, 2.75) is 51.8 Å². The van der Waals surface area contributed by atoms with Crippen molar-refractivity contribution >= 4 is 57.8 Å². The predicted octanol–water partition coefficient (Wildman–Crippen LogP) is 5.97. The second-order valence-electron chi connectivity index (χ2n) is 10.7. The molecule has 2 aromatic carbocycles. The molecule has 2 heterocycles.